The Labute approximate surface area is 115 Å². The number of nitrogens with zero attached hydrogens (tertiary/aromatic N) is 1. The minimum atomic E-state index is -1.07. The van der Waals surface area contributed by atoms with Gasteiger partial charge in [-0.25, -0.2) is 4.39 Å². The molecule has 1 aromatic heterocycles. The standard InChI is InChI=1S/C12H8Br2FNO/c13-7-1-3-10(15)9(5-7)12(17)11-4-2-8(14)6-16-11/h1-6,12,17H. The lowest BCUT2D eigenvalue weighted by Gasteiger charge is -2.11. The second-order valence-corrected chi connectivity index (χ2v) is 5.30. The Morgan fingerprint density at radius 1 is 1.12 bits per heavy atom. The molecule has 1 unspecified atom stereocenters. The van der Waals surface area contributed by atoms with Crippen molar-refractivity contribution in [1.29, 1.82) is 0 Å². The average Bonchev–Trinajstić information content (AvgIpc) is 2.32. The van der Waals surface area contributed by atoms with Crippen LogP contribution in [0.1, 0.15) is 17.4 Å². The van der Waals surface area contributed by atoms with E-state index < -0.39 is 11.9 Å². The van der Waals surface area contributed by atoms with Gasteiger partial charge >= 0.3 is 0 Å². The van der Waals surface area contributed by atoms with Crippen LogP contribution in [0.5, 0.6) is 0 Å². The topological polar surface area (TPSA) is 33.1 Å². The van der Waals surface area contributed by atoms with Crippen LogP contribution in [0.4, 0.5) is 4.39 Å². The maximum Gasteiger partial charge on any atom is 0.129 e. The van der Waals surface area contributed by atoms with E-state index in [-0.39, 0.29) is 5.56 Å². The van der Waals surface area contributed by atoms with Crippen molar-refractivity contribution in [3.63, 3.8) is 0 Å². The van der Waals surface area contributed by atoms with Gasteiger partial charge in [-0.05, 0) is 46.3 Å². The molecule has 0 aliphatic heterocycles. The maximum absolute atomic E-state index is 13.6. The fraction of sp³-hybridized carbons (Fsp3) is 0.0833. The molecule has 0 bridgehead atoms. The van der Waals surface area contributed by atoms with Gasteiger partial charge in [0.1, 0.15) is 11.9 Å². The second-order valence-electron chi connectivity index (χ2n) is 3.47. The normalized spacial score (nSPS) is 12.5. The zero-order chi connectivity index (χ0) is 12.4. The predicted molar refractivity (Wildman–Crippen MR) is 70.1 cm³/mol. The van der Waals surface area contributed by atoms with Crippen LogP contribution in [0.3, 0.4) is 0 Å². The number of aliphatic hydroxyl groups is 1. The molecule has 88 valence electrons. The Kier molecular flexibility index (Phi) is 3.91. The van der Waals surface area contributed by atoms with Crippen LogP contribution in [0.2, 0.25) is 0 Å². The van der Waals surface area contributed by atoms with Gasteiger partial charge in [0.2, 0.25) is 0 Å². The van der Waals surface area contributed by atoms with E-state index in [1.807, 2.05) is 0 Å². The first kappa shape index (κ1) is 12.7. The Morgan fingerprint density at radius 3 is 2.47 bits per heavy atom. The zero-order valence-electron chi connectivity index (χ0n) is 8.57. The molecule has 0 fully saturated rings. The van der Waals surface area contributed by atoms with Crippen molar-refractivity contribution in [2.24, 2.45) is 0 Å². The molecule has 1 heterocycles. The highest BCUT2D eigenvalue weighted by atomic mass is 79.9. The van der Waals surface area contributed by atoms with Crippen LogP contribution in [0.15, 0.2) is 45.5 Å². The molecule has 0 saturated heterocycles. The molecule has 0 saturated carbocycles. The number of benzene rings is 1. The van der Waals surface area contributed by atoms with E-state index in [1.165, 1.54) is 6.07 Å². The monoisotopic (exact) mass is 359 g/mol. The van der Waals surface area contributed by atoms with Crippen LogP contribution in [0.25, 0.3) is 0 Å². The molecule has 5 heteroatoms. The van der Waals surface area contributed by atoms with E-state index in [4.69, 9.17) is 0 Å². The fourth-order valence-electron chi connectivity index (χ4n) is 1.43. The number of rotatable bonds is 2. The highest BCUT2D eigenvalue weighted by Gasteiger charge is 2.16. The summed E-state index contributed by atoms with van der Waals surface area (Å²) in [6.45, 7) is 0. The third kappa shape index (κ3) is 2.91. The van der Waals surface area contributed by atoms with Gasteiger partial charge in [-0.3, -0.25) is 4.98 Å². The smallest absolute Gasteiger partial charge is 0.129 e. The van der Waals surface area contributed by atoms with Crippen LogP contribution in [-0.2, 0) is 0 Å². The summed E-state index contributed by atoms with van der Waals surface area (Å²) in [5, 5.41) is 10.0. The van der Waals surface area contributed by atoms with E-state index in [0.717, 1.165) is 4.47 Å². The molecule has 2 aromatic rings. The quantitative estimate of drug-likeness (QED) is 0.882. The van der Waals surface area contributed by atoms with Gasteiger partial charge in [0.25, 0.3) is 0 Å². The Bertz CT molecular complexity index is 531. The lowest BCUT2D eigenvalue weighted by atomic mass is 10.1. The first-order valence-corrected chi connectivity index (χ1v) is 6.41. The number of aromatic nitrogens is 1. The second kappa shape index (κ2) is 5.25. The summed E-state index contributed by atoms with van der Waals surface area (Å²) in [6.07, 6.45) is 0.495. The molecule has 0 spiro atoms. The van der Waals surface area contributed by atoms with E-state index in [2.05, 4.69) is 36.8 Å². The Morgan fingerprint density at radius 2 is 1.82 bits per heavy atom. The zero-order valence-corrected chi connectivity index (χ0v) is 11.7. The number of aliphatic hydroxyl groups excluding tert-OH is 1. The number of halogens is 3. The largest absolute Gasteiger partial charge is 0.382 e. The summed E-state index contributed by atoms with van der Waals surface area (Å²) in [7, 11) is 0. The SMILES string of the molecule is OC(c1ccc(Br)cn1)c1cc(Br)ccc1F. The van der Waals surface area contributed by atoms with Crippen LogP contribution in [-0.4, -0.2) is 10.1 Å². The first-order chi connectivity index (χ1) is 8.08. The fourth-order valence-corrected chi connectivity index (χ4v) is 2.05. The summed E-state index contributed by atoms with van der Waals surface area (Å²) in [5.41, 5.74) is 0.611. The van der Waals surface area contributed by atoms with Gasteiger partial charge in [0, 0.05) is 20.7 Å². The van der Waals surface area contributed by atoms with Crippen LogP contribution in [0, 0.1) is 5.82 Å². The van der Waals surface area contributed by atoms with Crippen molar-refractivity contribution in [2.75, 3.05) is 0 Å². The van der Waals surface area contributed by atoms with Crippen molar-refractivity contribution >= 4 is 31.9 Å². The van der Waals surface area contributed by atoms with Crippen molar-refractivity contribution in [2.45, 2.75) is 6.10 Å². The van der Waals surface area contributed by atoms with Crippen molar-refractivity contribution in [3.05, 3.63) is 62.5 Å². The summed E-state index contributed by atoms with van der Waals surface area (Å²) < 4.78 is 15.1. The van der Waals surface area contributed by atoms with Crippen molar-refractivity contribution in [1.82, 2.24) is 4.98 Å². The van der Waals surface area contributed by atoms with Gasteiger partial charge in [-0.2, -0.15) is 0 Å². The van der Waals surface area contributed by atoms with E-state index >= 15 is 0 Å². The predicted octanol–water partition coefficient (Wildman–Crippen LogP) is 3.83. The van der Waals surface area contributed by atoms with Crippen molar-refractivity contribution in [3.8, 4) is 0 Å². The molecule has 0 aliphatic rings. The lowest BCUT2D eigenvalue weighted by Crippen LogP contribution is -2.04. The molecule has 17 heavy (non-hydrogen) atoms. The molecule has 0 radical (unpaired) electrons. The summed E-state index contributed by atoms with van der Waals surface area (Å²) in [4.78, 5) is 4.05. The molecular weight excluding hydrogens is 353 g/mol. The number of hydrogen-bond acceptors (Lipinski definition) is 2. The first-order valence-electron chi connectivity index (χ1n) is 4.82. The molecule has 2 rings (SSSR count). The molecule has 1 atom stereocenters. The van der Waals surface area contributed by atoms with Gasteiger partial charge in [-0.15, -0.1) is 0 Å². The number of pyridine rings is 1. The Hall–Kier alpha value is -0.780. The van der Waals surface area contributed by atoms with E-state index in [9.17, 15) is 9.50 Å². The summed E-state index contributed by atoms with van der Waals surface area (Å²) in [5.74, 6) is -0.453. The van der Waals surface area contributed by atoms with Gasteiger partial charge in [0.15, 0.2) is 0 Å². The molecule has 2 nitrogen and oxygen atoms in total. The summed E-state index contributed by atoms with van der Waals surface area (Å²) >= 11 is 6.49. The highest BCUT2D eigenvalue weighted by molar-refractivity contribution is 9.10. The highest BCUT2D eigenvalue weighted by Crippen LogP contribution is 2.26. The molecule has 1 aromatic carbocycles. The van der Waals surface area contributed by atoms with E-state index in [1.54, 1.807) is 30.5 Å². The van der Waals surface area contributed by atoms with Gasteiger partial charge in [0.05, 0.1) is 5.69 Å². The van der Waals surface area contributed by atoms with Crippen molar-refractivity contribution < 1.29 is 9.50 Å². The average molecular weight is 361 g/mol. The Balaban J connectivity index is 2.39. The van der Waals surface area contributed by atoms with Gasteiger partial charge in [-0.1, -0.05) is 15.9 Å². The molecule has 1 N–H and O–H groups in total. The van der Waals surface area contributed by atoms with Crippen LogP contribution >= 0.6 is 31.9 Å². The maximum atomic E-state index is 13.6. The van der Waals surface area contributed by atoms with E-state index in [0.29, 0.717) is 10.2 Å². The van der Waals surface area contributed by atoms with Gasteiger partial charge < -0.3 is 5.11 Å². The lowest BCUT2D eigenvalue weighted by molar-refractivity contribution is 0.210. The molecule has 0 amide bonds. The number of hydrogen-bond donors (Lipinski definition) is 1. The molecular formula is C12H8Br2FNO. The molecule has 0 aliphatic carbocycles. The third-order valence-corrected chi connectivity index (χ3v) is 3.25. The minimum Gasteiger partial charge on any atom is -0.382 e. The summed E-state index contributed by atoms with van der Waals surface area (Å²) in [6, 6.07) is 7.84. The third-order valence-electron chi connectivity index (χ3n) is 2.28. The van der Waals surface area contributed by atoms with Crippen LogP contribution < -0.4 is 0 Å². The minimum absolute atomic E-state index is 0.203.